The van der Waals surface area contributed by atoms with E-state index in [1.165, 1.54) is 0 Å². The van der Waals surface area contributed by atoms with E-state index in [2.05, 4.69) is 4.98 Å². The van der Waals surface area contributed by atoms with Crippen LogP contribution in [-0.2, 0) is 9.53 Å². The molecule has 1 aromatic heterocycles. The molecular weight excluding hydrogens is 296 g/mol. The van der Waals surface area contributed by atoms with E-state index < -0.39 is 5.97 Å². The van der Waals surface area contributed by atoms with E-state index in [1.54, 1.807) is 19.3 Å². The summed E-state index contributed by atoms with van der Waals surface area (Å²) in [6, 6.07) is 0.140. The van der Waals surface area contributed by atoms with Gasteiger partial charge in [0.05, 0.1) is 12.9 Å². The number of imidazole rings is 1. The molecule has 23 heavy (non-hydrogen) atoms. The SMILES string of the molecule is CCOC(=O)c1ncn(C2CCN(C(=O)C=C(C)C)CC2)c1N. The molecule has 2 rings (SSSR count). The smallest absolute Gasteiger partial charge is 0.360 e. The molecule has 1 fully saturated rings. The lowest BCUT2D eigenvalue weighted by atomic mass is 10.0. The van der Waals surface area contributed by atoms with Gasteiger partial charge in [0.1, 0.15) is 5.82 Å². The van der Waals surface area contributed by atoms with Crippen molar-refractivity contribution in [1.29, 1.82) is 0 Å². The maximum Gasteiger partial charge on any atom is 0.360 e. The van der Waals surface area contributed by atoms with Gasteiger partial charge in [-0.1, -0.05) is 5.57 Å². The van der Waals surface area contributed by atoms with Gasteiger partial charge in [0.25, 0.3) is 0 Å². The van der Waals surface area contributed by atoms with Crippen LogP contribution in [0.2, 0.25) is 0 Å². The van der Waals surface area contributed by atoms with E-state index >= 15 is 0 Å². The summed E-state index contributed by atoms with van der Waals surface area (Å²) >= 11 is 0. The summed E-state index contributed by atoms with van der Waals surface area (Å²) in [4.78, 5) is 29.7. The Morgan fingerprint density at radius 3 is 2.61 bits per heavy atom. The lowest BCUT2D eigenvalue weighted by Gasteiger charge is -2.32. The summed E-state index contributed by atoms with van der Waals surface area (Å²) < 4.78 is 6.76. The van der Waals surface area contributed by atoms with Crippen molar-refractivity contribution in [2.75, 3.05) is 25.4 Å². The quantitative estimate of drug-likeness (QED) is 0.674. The number of nitrogens with zero attached hydrogens (tertiary/aromatic N) is 3. The van der Waals surface area contributed by atoms with E-state index in [0.29, 0.717) is 18.9 Å². The third-order valence-electron chi connectivity index (χ3n) is 3.88. The van der Waals surface area contributed by atoms with Gasteiger partial charge in [0.2, 0.25) is 5.91 Å². The number of hydrogen-bond donors (Lipinski definition) is 1. The normalized spacial score (nSPS) is 15.3. The van der Waals surface area contributed by atoms with Crippen LogP contribution >= 0.6 is 0 Å². The topological polar surface area (TPSA) is 90.5 Å². The van der Waals surface area contributed by atoms with Gasteiger partial charge in [-0.25, -0.2) is 9.78 Å². The molecule has 0 aliphatic carbocycles. The molecule has 2 heterocycles. The second-order valence-electron chi connectivity index (χ2n) is 5.88. The van der Waals surface area contributed by atoms with Crippen LogP contribution in [0.1, 0.15) is 50.1 Å². The maximum absolute atomic E-state index is 12.0. The molecule has 0 aromatic carbocycles. The van der Waals surface area contributed by atoms with Crippen molar-refractivity contribution in [2.24, 2.45) is 0 Å². The van der Waals surface area contributed by atoms with Gasteiger partial charge in [-0.15, -0.1) is 0 Å². The number of ether oxygens (including phenoxy) is 1. The average molecular weight is 320 g/mol. The number of aromatic nitrogens is 2. The predicted octanol–water partition coefficient (Wildman–Crippen LogP) is 1.77. The van der Waals surface area contributed by atoms with E-state index in [4.69, 9.17) is 10.5 Å². The fourth-order valence-corrected chi connectivity index (χ4v) is 2.72. The Labute approximate surface area is 136 Å². The van der Waals surface area contributed by atoms with Gasteiger partial charge in [-0.3, -0.25) is 4.79 Å². The molecule has 1 saturated heterocycles. The fraction of sp³-hybridized carbons (Fsp3) is 0.562. The Hall–Kier alpha value is -2.31. The first kappa shape index (κ1) is 17.1. The number of carbonyl (C=O) groups excluding carboxylic acids is 2. The molecule has 7 heteroatoms. The summed E-state index contributed by atoms with van der Waals surface area (Å²) in [6.45, 7) is 7.18. The summed E-state index contributed by atoms with van der Waals surface area (Å²) in [5.41, 5.74) is 7.19. The Morgan fingerprint density at radius 1 is 1.39 bits per heavy atom. The van der Waals surface area contributed by atoms with Crippen LogP contribution in [0.3, 0.4) is 0 Å². The number of carbonyl (C=O) groups is 2. The Kier molecular flexibility index (Phi) is 5.41. The number of piperidine rings is 1. The van der Waals surface area contributed by atoms with Crippen molar-refractivity contribution < 1.29 is 14.3 Å². The molecule has 126 valence electrons. The third-order valence-corrected chi connectivity index (χ3v) is 3.88. The summed E-state index contributed by atoms with van der Waals surface area (Å²) in [6.07, 6.45) is 4.81. The molecule has 7 nitrogen and oxygen atoms in total. The highest BCUT2D eigenvalue weighted by Gasteiger charge is 2.26. The molecule has 1 aliphatic rings. The number of esters is 1. The molecular formula is C16H24N4O3. The number of hydrogen-bond acceptors (Lipinski definition) is 5. The highest BCUT2D eigenvalue weighted by molar-refractivity contribution is 5.92. The molecule has 2 N–H and O–H groups in total. The van der Waals surface area contributed by atoms with Crippen molar-refractivity contribution in [2.45, 2.75) is 39.7 Å². The fourth-order valence-electron chi connectivity index (χ4n) is 2.72. The van der Waals surface area contributed by atoms with Gasteiger partial charge in [-0.2, -0.15) is 0 Å². The minimum atomic E-state index is -0.500. The highest BCUT2D eigenvalue weighted by atomic mass is 16.5. The van der Waals surface area contributed by atoms with Crippen molar-refractivity contribution in [3.05, 3.63) is 23.7 Å². The number of anilines is 1. The van der Waals surface area contributed by atoms with Crippen molar-refractivity contribution >= 4 is 17.7 Å². The number of nitrogen functional groups attached to an aromatic ring is 1. The Bertz CT molecular complexity index is 609. The first-order chi connectivity index (χ1) is 10.9. The van der Waals surface area contributed by atoms with Crippen LogP contribution in [0, 0.1) is 0 Å². The van der Waals surface area contributed by atoms with E-state index in [0.717, 1.165) is 18.4 Å². The molecule has 0 spiro atoms. The highest BCUT2D eigenvalue weighted by Crippen LogP contribution is 2.27. The molecule has 1 aliphatic heterocycles. The predicted molar refractivity (Wildman–Crippen MR) is 86.9 cm³/mol. The van der Waals surface area contributed by atoms with Crippen LogP contribution < -0.4 is 5.73 Å². The minimum absolute atomic E-state index is 0.0502. The molecule has 0 unspecified atom stereocenters. The van der Waals surface area contributed by atoms with Crippen LogP contribution in [0.5, 0.6) is 0 Å². The standard InChI is InChI=1S/C16H24N4O3/c1-4-23-16(22)14-15(17)20(10-18-14)12-5-7-19(8-6-12)13(21)9-11(2)3/h9-10,12H,4-8,17H2,1-3H3. The second-order valence-corrected chi connectivity index (χ2v) is 5.88. The zero-order valence-electron chi connectivity index (χ0n) is 13.9. The Morgan fingerprint density at radius 2 is 2.04 bits per heavy atom. The van der Waals surface area contributed by atoms with Gasteiger partial charge >= 0.3 is 5.97 Å². The molecule has 0 saturated carbocycles. The van der Waals surface area contributed by atoms with Crippen LogP contribution in [0.4, 0.5) is 5.82 Å². The number of nitrogens with two attached hydrogens (primary N) is 1. The number of allylic oxidation sites excluding steroid dienone is 1. The van der Waals surface area contributed by atoms with Gasteiger partial charge in [-0.05, 0) is 33.6 Å². The zero-order valence-corrected chi connectivity index (χ0v) is 13.9. The minimum Gasteiger partial charge on any atom is -0.461 e. The van der Waals surface area contributed by atoms with Gasteiger partial charge < -0.3 is 19.9 Å². The first-order valence-corrected chi connectivity index (χ1v) is 7.87. The monoisotopic (exact) mass is 320 g/mol. The molecule has 0 atom stereocenters. The van der Waals surface area contributed by atoms with Crippen molar-refractivity contribution in [3.8, 4) is 0 Å². The summed E-state index contributed by atoms with van der Waals surface area (Å²) in [5.74, 6) is -0.119. The van der Waals surface area contributed by atoms with E-state index in [1.807, 2.05) is 23.3 Å². The number of amides is 1. The van der Waals surface area contributed by atoms with Crippen LogP contribution in [0.25, 0.3) is 0 Å². The molecule has 0 bridgehead atoms. The number of likely N-dealkylation sites (tertiary alicyclic amines) is 1. The Balaban J connectivity index is 2.02. The second kappa shape index (κ2) is 7.30. The van der Waals surface area contributed by atoms with Gasteiger partial charge in [0, 0.05) is 25.2 Å². The molecule has 1 amide bonds. The largest absolute Gasteiger partial charge is 0.461 e. The van der Waals surface area contributed by atoms with E-state index in [-0.39, 0.29) is 24.2 Å². The zero-order chi connectivity index (χ0) is 17.0. The summed E-state index contributed by atoms with van der Waals surface area (Å²) in [7, 11) is 0. The lowest BCUT2D eigenvalue weighted by molar-refractivity contribution is -0.127. The van der Waals surface area contributed by atoms with Crippen LogP contribution in [0.15, 0.2) is 18.0 Å². The maximum atomic E-state index is 12.0. The molecule has 0 radical (unpaired) electrons. The van der Waals surface area contributed by atoms with Crippen molar-refractivity contribution in [3.63, 3.8) is 0 Å². The van der Waals surface area contributed by atoms with Crippen LogP contribution in [-0.4, -0.2) is 46.0 Å². The van der Waals surface area contributed by atoms with Crippen molar-refractivity contribution in [1.82, 2.24) is 14.5 Å². The third kappa shape index (κ3) is 3.91. The molecule has 1 aromatic rings. The lowest BCUT2D eigenvalue weighted by Crippen LogP contribution is -2.38. The average Bonchev–Trinajstić information content (AvgIpc) is 2.88. The van der Waals surface area contributed by atoms with Gasteiger partial charge in [0.15, 0.2) is 5.69 Å². The first-order valence-electron chi connectivity index (χ1n) is 7.87. The van der Waals surface area contributed by atoms with E-state index in [9.17, 15) is 9.59 Å². The summed E-state index contributed by atoms with van der Waals surface area (Å²) in [5, 5.41) is 0. The number of rotatable bonds is 4.